The van der Waals surface area contributed by atoms with Crippen molar-refractivity contribution >= 4 is 62.8 Å². The van der Waals surface area contributed by atoms with E-state index in [2.05, 4.69) is 10.6 Å². The van der Waals surface area contributed by atoms with Gasteiger partial charge in [0.1, 0.15) is 5.00 Å². The number of aryl methyl sites for hydroxylation is 1. The monoisotopic (exact) mass is 425 g/mol. The van der Waals surface area contributed by atoms with E-state index >= 15 is 0 Å². The lowest BCUT2D eigenvalue weighted by Gasteiger charge is -2.13. The summed E-state index contributed by atoms with van der Waals surface area (Å²) in [4.78, 5) is 26.5. The number of ether oxygens (including phenoxy) is 1. The molecular weight excluding hydrogens is 406 g/mol. The number of halogens is 1. The second-order valence-electron chi connectivity index (χ2n) is 5.99. The third-order valence-corrected chi connectivity index (χ3v) is 5.45. The van der Waals surface area contributed by atoms with Gasteiger partial charge in [0.25, 0.3) is 5.91 Å². The van der Waals surface area contributed by atoms with Crippen LogP contribution in [0.4, 0.5) is 10.7 Å². The van der Waals surface area contributed by atoms with E-state index in [1.165, 1.54) is 12.0 Å². The van der Waals surface area contributed by atoms with Crippen LogP contribution < -0.4 is 10.6 Å². The molecule has 2 aromatic rings. The van der Waals surface area contributed by atoms with Crippen LogP contribution in [-0.4, -0.2) is 43.1 Å². The van der Waals surface area contributed by atoms with Gasteiger partial charge in [-0.1, -0.05) is 17.7 Å². The highest BCUT2D eigenvalue weighted by atomic mass is 35.5. The van der Waals surface area contributed by atoms with Crippen LogP contribution in [0.15, 0.2) is 18.2 Å². The number of carbonyl (C=O) groups is 2. The van der Waals surface area contributed by atoms with Crippen molar-refractivity contribution < 1.29 is 14.3 Å². The first-order chi connectivity index (χ1) is 12.6. The number of hydrogen-bond acceptors (Lipinski definition) is 5. The molecule has 0 radical (unpaired) electrons. The predicted octanol–water partition coefficient (Wildman–Crippen LogP) is 4.32. The second kappa shape index (κ2) is 8.69. The van der Waals surface area contributed by atoms with Crippen molar-refractivity contribution in [2.45, 2.75) is 13.8 Å². The van der Waals surface area contributed by atoms with Gasteiger partial charge >= 0.3 is 5.97 Å². The largest absolute Gasteiger partial charge is 0.465 e. The Balaban J connectivity index is 2.35. The Labute approximate surface area is 172 Å². The zero-order chi connectivity index (χ0) is 20.3. The van der Waals surface area contributed by atoms with Crippen LogP contribution in [0, 0.1) is 13.8 Å². The normalized spacial score (nSPS) is 10.3. The minimum Gasteiger partial charge on any atom is -0.465 e. The van der Waals surface area contributed by atoms with Crippen molar-refractivity contribution in [1.82, 2.24) is 4.90 Å². The second-order valence-corrected chi connectivity index (χ2v) is 7.86. The summed E-state index contributed by atoms with van der Waals surface area (Å²) in [5, 5.41) is 7.36. The summed E-state index contributed by atoms with van der Waals surface area (Å²) in [7, 11) is 4.60. The van der Waals surface area contributed by atoms with Crippen LogP contribution in [0.2, 0.25) is 5.02 Å². The van der Waals surface area contributed by atoms with E-state index in [0.29, 0.717) is 26.0 Å². The number of nitrogens with one attached hydrogen (secondary N) is 2. The Morgan fingerprint density at radius 3 is 2.48 bits per heavy atom. The van der Waals surface area contributed by atoms with E-state index in [4.69, 9.17) is 28.6 Å². The van der Waals surface area contributed by atoms with Gasteiger partial charge in [-0.25, -0.2) is 4.79 Å². The van der Waals surface area contributed by atoms with Gasteiger partial charge < -0.3 is 20.3 Å². The lowest BCUT2D eigenvalue weighted by atomic mass is 10.1. The van der Waals surface area contributed by atoms with Gasteiger partial charge in [-0.05, 0) is 49.3 Å². The van der Waals surface area contributed by atoms with Crippen molar-refractivity contribution in [3.63, 3.8) is 0 Å². The van der Waals surface area contributed by atoms with E-state index in [-0.39, 0.29) is 11.0 Å². The van der Waals surface area contributed by atoms with E-state index in [9.17, 15) is 9.59 Å². The Morgan fingerprint density at radius 2 is 1.89 bits per heavy atom. The van der Waals surface area contributed by atoms with Crippen LogP contribution >= 0.6 is 35.2 Å². The number of carbonyl (C=O) groups excluding carboxylic acids is 2. The fourth-order valence-electron chi connectivity index (χ4n) is 2.34. The van der Waals surface area contributed by atoms with E-state index in [0.717, 1.165) is 22.6 Å². The fourth-order valence-corrected chi connectivity index (χ4v) is 4.01. The van der Waals surface area contributed by atoms with E-state index < -0.39 is 5.97 Å². The maximum Gasteiger partial charge on any atom is 0.341 e. The number of nitrogens with zero attached hydrogens (tertiary/aromatic N) is 1. The maximum absolute atomic E-state index is 12.4. The molecule has 9 heteroatoms. The molecule has 0 fully saturated rings. The number of anilines is 2. The molecular formula is C18H20ClN3O3S2. The molecule has 1 aromatic heterocycles. The molecule has 0 aliphatic carbocycles. The zero-order valence-electron chi connectivity index (χ0n) is 15.6. The highest BCUT2D eigenvalue weighted by Gasteiger charge is 2.26. The Morgan fingerprint density at radius 1 is 1.22 bits per heavy atom. The molecule has 6 nitrogen and oxygen atoms in total. The van der Waals surface area contributed by atoms with Crippen LogP contribution in [0.5, 0.6) is 0 Å². The van der Waals surface area contributed by atoms with Gasteiger partial charge in [0.05, 0.1) is 17.6 Å². The summed E-state index contributed by atoms with van der Waals surface area (Å²) in [5.74, 6) is -0.731. The first kappa shape index (κ1) is 21.1. The summed E-state index contributed by atoms with van der Waals surface area (Å²) in [6.07, 6.45) is 0. The molecule has 0 spiro atoms. The quantitative estimate of drug-likeness (QED) is 0.561. The van der Waals surface area contributed by atoms with Gasteiger partial charge in [-0.3, -0.25) is 4.79 Å². The summed E-state index contributed by atoms with van der Waals surface area (Å²) in [6.45, 7) is 3.63. The molecule has 1 heterocycles. The number of hydrogen-bond donors (Lipinski definition) is 2. The molecule has 0 unspecified atom stereocenters. The van der Waals surface area contributed by atoms with Crippen LogP contribution in [0.1, 0.15) is 31.2 Å². The van der Waals surface area contributed by atoms with Crippen molar-refractivity contribution in [1.29, 1.82) is 0 Å². The SMILES string of the molecule is COC(=O)c1c(NC(=S)Nc2cc(Cl)ccc2C)sc(C(=O)N(C)C)c1C. The third kappa shape index (κ3) is 4.77. The first-order valence-electron chi connectivity index (χ1n) is 7.93. The number of thiocarbonyl (C=S) groups is 1. The molecule has 2 rings (SSSR count). The summed E-state index contributed by atoms with van der Waals surface area (Å²) < 4.78 is 4.87. The maximum atomic E-state index is 12.4. The van der Waals surface area contributed by atoms with Crippen molar-refractivity contribution in [3.05, 3.63) is 44.8 Å². The number of methoxy groups -OCH3 is 1. The first-order valence-corrected chi connectivity index (χ1v) is 9.53. The van der Waals surface area contributed by atoms with Gasteiger partial charge in [0, 0.05) is 24.8 Å². The molecule has 1 aromatic carbocycles. The molecule has 1 amide bonds. The average molecular weight is 426 g/mol. The third-order valence-electron chi connectivity index (χ3n) is 3.81. The fraction of sp³-hybridized carbons (Fsp3) is 0.278. The molecule has 0 atom stereocenters. The van der Waals surface area contributed by atoms with Gasteiger partial charge in [-0.15, -0.1) is 11.3 Å². The topological polar surface area (TPSA) is 70.7 Å². The number of esters is 1. The Bertz CT molecular complexity index is 909. The summed E-state index contributed by atoms with van der Waals surface area (Å²) >= 11 is 12.6. The molecule has 0 aliphatic heterocycles. The van der Waals surface area contributed by atoms with Crippen molar-refractivity contribution in [2.24, 2.45) is 0 Å². The lowest BCUT2D eigenvalue weighted by molar-refractivity contribution is 0.0601. The number of thiophene rings is 1. The molecule has 27 heavy (non-hydrogen) atoms. The highest BCUT2D eigenvalue weighted by Crippen LogP contribution is 2.34. The van der Waals surface area contributed by atoms with Crippen molar-refractivity contribution in [3.8, 4) is 0 Å². The minimum atomic E-state index is -0.536. The Hall–Kier alpha value is -2.16. The minimum absolute atomic E-state index is 0.194. The number of benzene rings is 1. The highest BCUT2D eigenvalue weighted by molar-refractivity contribution is 7.80. The van der Waals surface area contributed by atoms with E-state index in [1.807, 2.05) is 13.0 Å². The van der Waals surface area contributed by atoms with Crippen LogP contribution in [0.25, 0.3) is 0 Å². The van der Waals surface area contributed by atoms with Crippen LogP contribution in [0.3, 0.4) is 0 Å². The molecule has 2 N–H and O–H groups in total. The smallest absolute Gasteiger partial charge is 0.341 e. The van der Waals surface area contributed by atoms with E-state index in [1.54, 1.807) is 33.2 Å². The Kier molecular flexibility index (Phi) is 6.80. The molecule has 0 saturated carbocycles. The van der Waals surface area contributed by atoms with Crippen molar-refractivity contribution in [2.75, 3.05) is 31.8 Å². The van der Waals surface area contributed by atoms with Crippen LogP contribution in [-0.2, 0) is 4.74 Å². The molecule has 0 saturated heterocycles. The van der Waals surface area contributed by atoms with Gasteiger partial charge in [0.2, 0.25) is 0 Å². The molecule has 144 valence electrons. The lowest BCUT2D eigenvalue weighted by Crippen LogP contribution is -2.21. The zero-order valence-corrected chi connectivity index (χ0v) is 18.0. The van der Waals surface area contributed by atoms with Gasteiger partial charge in [-0.2, -0.15) is 0 Å². The average Bonchev–Trinajstić information content (AvgIpc) is 2.92. The van der Waals surface area contributed by atoms with Gasteiger partial charge in [0.15, 0.2) is 5.11 Å². The molecule has 0 bridgehead atoms. The number of amides is 1. The molecule has 0 aliphatic rings. The predicted molar refractivity (Wildman–Crippen MR) is 114 cm³/mol. The summed E-state index contributed by atoms with van der Waals surface area (Å²) in [5.41, 5.74) is 2.55. The summed E-state index contributed by atoms with van der Waals surface area (Å²) in [6, 6.07) is 5.42. The number of rotatable bonds is 4. The standard InChI is InChI=1S/C18H20ClN3O3S2/c1-9-6-7-11(19)8-12(9)20-18(26)21-15-13(17(24)25-5)10(2)14(27-15)16(23)22(3)4/h6-8H,1-5H3,(H2,20,21,26).